The number of carbonyl (C=O) groups is 1. The van der Waals surface area contributed by atoms with Gasteiger partial charge in [-0.25, -0.2) is 0 Å². The van der Waals surface area contributed by atoms with E-state index in [-0.39, 0.29) is 18.5 Å². The molecular formula is C12H11F3O2. The molecule has 5 heteroatoms. The summed E-state index contributed by atoms with van der Waals surface area (Å²) in [4.78, 5) is 10.5. The van der Waals surface area contributed by atoms with Gasteiger partial charge in [-0.05, 0) is 18.1 Å². The lowest BCUT2D eigenvalue weighted by atomic mass is 10.0. The number of rotatable bonds is 4. The molecule has 0 aliphatic carbocycles. The first kappa shape index (κ1) is 13.4. The van der Waals surface area contributed by atoms with Gasteiger partial charge in [-0.15, -0.1) is 0 Å². The number of hydrogen-bond donors (Lipinski definition) is 1. The maximum Gasteiger partial charge on any atom is 0.417 e. The van der Waals surface area contributed by atoms with E-state index in [1.807, 2.05) is 0 Å². The van der Waals surface area contributed by atoms with Crippen LogP contribution in [0.3, 0.4) is 0 Å². The molecule has 0 heterocycles. The Labute approximate surface area is 96.4 Å². The maximum atomic E-state index is 12.6. The average molecular weight is 244 g/mol. The molecule has 2 nitrogen and oxygen atoms in total. The van der Waals surface area contributed by atoms with Crippen LogP contribution in [-0.4, -0.2) is 18.0 Å². The van der Waals surface area contributed by atoms with Crippen LogP contribution in [0.15, 0.2) is 24.3 Å². The van der Waals surface area contributed by atoms with Gasteiger partial charge < -0.3 is 5.11 Å². The molecule has 0 aromatic heterocycles. The van der Waals surface area contributed by atoms with Crippen molar-refractivity contribution < 1.29 is 23.1 Å². The quantitative estimate of drug-likeness (QED) is 0.827. The molecule has 92 valence electrons. The SMILES string of the molecule is O=Cc1ccc(C=CCCO)cc1C(F)(F)F. The standard InChI is InChI=1S/C12H11F3O2/c13-12(14,15)11-7-9(3-1-2-6-16)4-5-10(11)8-17/h1,3-5,7-8,16H,2,6H2. The first-order valence-corrected chi connectivity index (χ1v) is 4.93. The highest BCUT2D eigenvalue weighted by atomic mass is 19.4. The van der Waals surface area contributed by atoms with Gasteiger partial charge in [0.2, 0.25) is 0 Å². The number of alkyl halides is 3. The van der Waals surface area contributed by atoms with Gasteiger partial charge in [0.25, 0.3) is 0 Å². The molecule has 0 saturated heterocycles. The molecule has 0 radical (unpaired) electrons. The van der Waals surface area contributed by atoms with E-state index in [9.17, 15) is 18.0 Å². The van der Waals surface area contributed by atoms with Crippen molar-refractivity contribution in [3.05, 3.63) is 41.0 Å². The Morgan fingerprint density at radius 3 is 2.53 bits per heavy atom. The number of halogens is 3. The molecule has 1 aromatic rings. The summed E-state index contributed by atoms with van der Waals surface area (Å²) < 4.78 is 37.7. The summed E-state index contributed by atoms with van der Waals surface area (Å²) in [5.74, 6) is 0. The molecule has 1 N–H and O–H groups in total. The van der Waals surface area contributed by atoms with E-state index >= 15 is 0 Å². The molecule has 1 aromatic carbocycles. The van der Waals surface area contributed by atoms with E-state index < -0.39 is 11.7 Å². The van der Waals surface area contributed by atoms with Crippen molar-refractivity contribution >= 4 is 12.4 Å². The van der Waals surface area contributed by atoms with Crippen molar-refractivity contribution in [1.29, 1.82) is 0 Å². The Balaban J connectivity index is 3.09. The summed E-state index contributed by atoms with van der Waals surface area (Å²) in [6.07, 6.45) is -0.950. The molecular weight excluding hydrogens is 233 g/mol. The summed E-state index contributed by atoms with van der Waals surface area (Å²) in [6.45, 7) is -0.0605. The number of hydrogen-bond acceptors (Lipinski definition) is 2. The number of carbonyl (C=O) groups excluding carboxylic acids is 1. The van der Waals surface area contributed by atoms with Gasteiger partial charge in [0.15, 0.2) is 6.29 Å². The fraction of sp³-hybridized carbons (Fsp3) is 0.250. The molecule has 0 unspecified atom stereocenters. The van der Waals surface area contributed by atoms with Crippen LogP contribution < -0.4 is 0 Å². The number of aldehydes is 1. The summed E-state index contributed by atoms with van der Waals surface area (Å²) in [7, 11) is 0. The smallest absolute Gasteiger partial charge is 0.396 e. The molecule has 0 bridgehead atoms. The lowest BCUT2D eigenvalue weighted by molar-refractivity contribution is -0.137. The molecule has 0 atom stereocenters. The zero-order valence-electron chi connectivity index (χ0n) is 8.87. The van der Waals surface area contributed by atoms with Crippen LogP contribution in [0.1, 0.15) is 27.9 Å². The molecule has 0 aliphatic heterocycles. The van der Waals surface area contributed by atoms with Gasteiger partial charge in [0.1, 0.15) is 0 Å². The highest BCUT2D eigenvalue weighted by molar-refractivity contribution is 5.78. The summed E-state index contributed by atoms with van der Waals surface area (Å²) >= 11 is 0. The summed E-state index contributed by atoms with van der Waals surface area (Å²) in [5, 5.41) is 8.53. The second-order valence-electron chi connectivity index (χ2n) is 3.38. The third kappa shape index (κ3) is 3.71. The molecule has 0 amide bonds. The zero-order valence-corrected chi connectivity index (χ0v) is 8.87. The Kier molecular flexibility index (Phi) is 4.45. The first-order chi connectivity index (χ1) is 7.99. The Hall–Kier alpha value is -1.62. The van der Waals surface area contributed by atoms with Crippen molar-refractivity contribution in [2.75, 3.05) is 6.61 Å². The number of aliphatic hydroxyl groups excluding tert-OH is 1. The number of aliphatic hydroxyl groups is 1. The van der Waals surface area contributed by atoms with Crippen molar-refractivity contribution in [1.82, 2.24) is 0 Å². The monoisotopic (exact) mass is 244 g/mol. The van der Waals surface area contributed by atoms with Gasteiger partial charge in [0.05, 0.1) is 5.56 Å². The highest BCUT2D eigenvalue weighted by Crippen LogP contribution is 2.32. The van der Waals surface area contributed by atoms with Crippen LogP contribution >= 0.6 is 0 Å². The van der Waals surface area contributed by atoms with E-state index in [1.165, 1.54) is 12.1 Å². The van der Waals surface area contributed by atoms with Crippen LogP contribution in [0.4, 0.5) is 13.2 Å². The maximum absolute atomic E-state index is 12.6. The summed E-state index contributed by atoms with van der Waals surface area (Å²) in [6, 6.07) is 3.47. The topological polar surface area (TPSA) is 37.3 Å². The van der Waals surface area contributed by atoms with E-state index in [0.717, 1.165) is 12.1 Å². The largest absolute Gasteiger partial charge is 0.417 e. The van der Waals surface area contributed by atoms with Gasteiger partial charge in [-0.1, -0.05) is 24.3 Å². The first-order valence-electron chi connectivity index (χ1n) is 4.93. The van der Waals surface area contributed by atoms with E-state index in [0.29, 0.717) is 12.0 Å². The minimum absolute atomic E-state index is 0.0605. The molecule has 1 rings (SSSR count). The Morgan fingerprint density at radius 2 is 2.00 bits per heavy atom. The minimum Gasteiger partial charge on any atom is -0.396 e. The molecule has 0 aliphatic rings. The third-order valence-corrected chi connectivity index (χ3v) is 2.12. The van der Waals surface area contributed by atoms with E-state index in [1.54, 1.807) is 6.08 Å². The zero-order chi connectivity index (χ0) is 12.9. The van der Waals surface area contributed by atoms with Crippen molar-refractivity contribution in [3.63, 3.8) is 0 Å². The lowest BCUT2D eigenvalue weighted by Gasteiger charge is -2.09. The lowest BCUT2D eigenvalue weighted by Crippen LogP contribution is -2.09. The van der Waals surface area contributed by atoms with Gasteiger partial charge in [-0.3, -0.25) is 4.79 Å². The van der Waals surface area contributed by atoms with Crippen molar-refractivity contribution in [3.8, 4) is 0 Å². The second kappa shape index (κ2) is 5.63. The van der Waals surface area contributed by atoms with Crippen LogP contribution in [0.25, 0.3) is 6.08 Å². The van der Waals surface area contributed by atoms with Crippen molar-refractivity contribution in [2.45, 2.75) is 12.6 Å². The van der Waals surface area contributed by atoms with Gasteiger partial charge in [0, 0.05) is 12.2 Å². The normalized spacial score (nSPS) is 12.0. The predicted octanol–water partition coefficient (Wildman–Crippen LogP) is 2.91. The van der Waals surface area contributed by atoms with Gasteiger partial charge >= 0.3 is 6.18 Å². The second-order valence-corrected chi connectivity index (χ2v) is 3.38. The predicted molar refractivity (Wildman–Crippen MR) is 57.6 cm³/mol. The summed E-state index contributed by atoms with van der Waals surface area (Å²) in [5.41, 5.74) is -0.980. The minimum atomic E-state index is -4.54. The van der Waals surface area contributed by atoms with Crippen LogP contribution in [0.2, 0.25) is 0 Å². The molecule has 17 heavy (non-hydrogen) atoms. The molecule has 0 fully saturated rings. The van der Waals surface area contributed by atoms with E-state index in [2.05, 4.69) is 0 Å². The van der Waals surface area contributed by atoms with Crippen LogP contribution in [-0.2, 0) is 6.18 Å². The average Bonchev–Trinajstić information content (AvgIpc) is 2.28. The molecule has 0 saturated carbocycles. The Morgan fingerprint density at radius 1 is 1.29 bits per heavy atom. The molecule has 0 spiro atoms. The van der Waals surface area contributed by atoms with Crippen LogP contribution in [0, 0.1) is 0 Å². The highest BCUT2D eigenvalue weighted by Gasteiger charge is 2.33. The van der Waals surface area contributed by atoms with Crippen LogP contribution in [0.5, 0.6) is 0 Å². The van der Waals surface area contributed by atoms with Gasteiger partial charge in [-0.2, -0.15) is 13.2 Å². The fourth-order valence-corrected chi connectivity index (χ4v) is 1.32. The fourth-order valence-electron chi connectivity index (χ4n) is 1.32. The van der Waals surface area contributed by atoms with E-state index in [4.69, 9.17) is 5.11 Å². The number of benzene rings is 1. The van der Waals surface area contributed by atoms with Crippen molar-refractivity contribution in [2.24, 2.45) is 0 Å². The third-order valence-electron chi connectivity index (χ3n) is 2.12. The Bertz CT molecular complexity index is 422.